The van der Waals surface area contributed by atoms with Crippen LogP contribution in [-0.4, -0.2) is 19.2 Å². The first kappa shape index (κ1) is 12.1. The van der Waals surface area contributed by atoms with Crippen LogP contribution in [0.5, 0.6) is 0 Å². The van der Waals surface area contributed by atoms with Crippen molar-refractivity contribution in [2.45, 2.75) is 26.4 Å². The third-order valence-corrected chi connectivity index (χ3v) is 3.06. The van der Waals surface area contributed by atoms with Crippen LogP contribution < -0.4 is 4.90 Å². The molecule has 1 rings (SSSR count). The van der Waals surface area contributed by atoms with Crippen molar-refractivity contribution in [2.24, 2.45) is 5.92 Å². The fourth-order valence-electron chi connectivity index (χ4n) is 1.60. The zero-order valence-corrected chi connectivity index (χ0v) is 10.3. The highest BCUT2D eigenvalue weighted by atomic mass is 16.3. The number of aliphatic hydroxyl groups is 1. The van der Waals surface area contributed by atoms with Gasteiger partial charge in [0.1, 0.15) is 0 Å². The van der Waals surface area contributed by atoms with Gasteiger partial charge in [-0.05, 0) is 18.9 Å². The molecule has 0 saturated heterocycles. The predicted molar refractivity (Wildman–Crippen MR) is 65.2 cm³/mol. The van der Waals surface area contributed by atoms with Crippen molar-refractivity contribution < 1.29 is 5.11 Å². The van der Waals surface area contributed by atoms with Crippen LogP contribution in [0, 0.1) is 5.92 Å². The van der Waals surface area contributed by atoms with Gasteiger partial charge in [-0.3, -0.25) is 0 Å². The van der Waals surface area contributed by atoms with E-state index in [2.05, 4.69) is 0 Å². The van der Waals surface area contributed by atoms with Gasteiger partial charge in [-0.2, -0.15) is 0 Å². The SMILES string of the molecule is CC(C)C(C)(O)c1ccccc1N(C)C. The van der Waals surface area contributed by atoms with Gasteiger partial charge in [-0.25, -0.2) is 0 Å². The van der Waals surface area contributed by atoms with Crippen molar-refractivity contribution in [3.8, 4) is 0 Å². The lowest BCUT2D eigenvalue weighted by Gasteiger charge is -2.32. The van der Waals surface area contributed by atoms with Gasteiger partial charge in [0.05, 0.1) is 5.60 Å². The second-order valence-corrected chi connectivity index (χ2v) is 4.71. The van der Waals surface area contributed by atoms with Crippen LogP contribution in [0.15, 0.2) is 24.3 Å². The maximum Gasteiger partial charge on any atom is 0.0911 e. The maximum atomic E-state index is 10.5. The van der Waals surface area contributed by atoms with Gasteiger partial charge in [-0.1, -0.05) is 32.0 Å². The molecule has 0 amide bonds. The third kappa shape index (κ3) is 2.32. The summed E-state index contributed by atoms with van der Waals surface area (Å²) in [6.07, 6.45) is 0. The lowest BCUT2D eigenvalue weighted by Crippen LogP contribution is -2.30. The van der Waals surface area contributed by atoms with Crippen LogP contribution in [0.2, 0.25) is 0 Å². The van der Waals surface area contributed by atoms with Crippen molar-refractivity contribution >= 4 is 5.69 Å². The zero-order chi connectivity index (χ0) is 11.6. The highest BCUT2D eigenvalue weighted by molar-refractivity contribution is 5.54. The van der Waals surface area contributed by atoms with Gasteiger partial charge in [0.25, 0.3) is 0 Å². The van der Waals surface area contributed by atoms with Gasteiger partial charge < -0.3 is 10.0 Å². The highest BCUT2D eigenvalue weighted by Crippen LogP contribution is 2.34. The Balaban J connectivity index is 3.24. The summed E-state index contributed by atoms with van der Waals surface area (Å²) in [5, 5.41) is 10.5. The van der Waals surface area contributed by atoms with E-state index in [9.17, 15) is 5.11 Å². The number of rotatable bonds is 3. The smallest absolute Gasteiger partial charge is 0.0911 e. The van der Waals surface area contributed by atoms with E-state index in [1.54, 1.807) is 0 Å². The van der Waals surface area contributed by atoms with Crippen molar-refractivity contribution in [2.75, 3.05) is 19.0 Å². The van der Waals surface area contributed by atoms with E-state index in [1.165, 1.54) is 0 Å². The predicted octanol–water partition coefficient (Wildman–Crippen LogP) is 2.62. The van der Waals surface area contributed by atoms with Crippen LogP contribution >= 0.6 is 0 Å². The Morgan fingerprint density at radius 1 is 1.20 bits per heavy atom. The fourth-order valence-corrected chi connectivity index (χ4v) is 1.60. The summed E-state index contributed by atoms with van der Waals surface area (Å²) in [5.74, 6) is 0.193. The van der Waals surface area contributed by atoms with Crippen molar-refractivity contribution in [1.29, 1.82) is 0 Å². The molecule has 84 valence electrons. The number of hydrogen-bond acceptors (Lipinski definition) is 2. The Bertz CT molecular complexity index is 329. The van der Waals surface area contributed by atoms with Crippen LogP contribution in [0.3, 0.4) is 0 Å². The van der Waals surface area contributed by atoms with Crippen LogP contribution in [0.25, 0.3) is 0 Å². The minimum atomic E-state index is -0.777. The summed E-state index contributed by atoms with van der Waals surface area (Å²) < 4.78 is 0. The number of hydrogen-bond donors (Lipinski definition) is 1. The van der Waals surface area contributed by atoms with E-state index in [0.717, 1.165) is 11.3 Å². The Morgan fingerprint density at radius 3 is 2.20 bits per heavy atom. The van der Waals surface area contributed by atoms with E-state index in [4.69, 9.17) is 0 Å². The topological polar surface area (TPSA) is 23.5 Å². The first-order chi connectivity index (χ1) is 6.87. The fraction of sp³-hybridized carbons (Fsp3) is 0.538. The molecule has 0 aliphatic heterocycles. The largest absolute Gasteiger partial charge is 0.385 e. The van der Waals surface area contributed by atoms with E-state index in [1.807, 2.05) is 64.0 Å². The lowest BCUT2D eigenvalue weighted by molar-refractivity contribution is 0.00955. The minimum absolute atomic E-state index is 0.193. The molecule has 2 heteroatoms. The van der Waals surface area contributed by atoms with Crippen LogP contribution in [-0.2, 0) is 5.60 Å². The van der Waals surface area contributed by atoms with Gasteiger partial charge in [0.2, 0.25) is 0 Å². The van der Waals surface area contributed by atoms with Crippen molar-refractivity contribution in [1.82, 2.24) is 0 Å². The first-order valence-corrected chi connectivity index (χ1v) is 5.36. The second-order valence-electron chi connectivity index (χ2n) is 4.71. The molecular weight excluding hydrogens is 186 g/mol. The molecule has 0 heterocycles. The molecule has 0 aliphatic rings. The number of para-hydroxylation sites is 1. The monoisotopic (exact) mass is 207 g/mol. The molecule has 1 aromatic rings. The van der Waals surface area contributed by atoms with Gasteiger partial charge in [-0.15, -0.1) is 0 Å². The first-order valence-electron chi connectivity index (χ1n) is 5.36. The molecule has 0 radical (unpaired) electrons. The number of nitrogens with zero attached hydrogens (tertiary/aromatic N) is 1. The lowest BCUT2D eigenvalue weighted by atomic mass is 9.84. The Labute approximate surface area is 92.5 Å². The number of anilines is 1. The van der Waals surface area contributed by atoms with Crippen molar-refractivity contribution in [3.63, 3.8) is 0 Å². The van der Waals surface area contributed by atoms with Gasteiger partial charge in [0.15, 0.2) is 0 Å². The average Bonchev–Trinajstić information content (AvgIpc) is 2.17. The Morgan fingerprint density at radius 2 is 1.73 bits per heavy atom. The summed E-state index contributed by atoms with van der Waals surface area (Å²) in [7, 11) is 3.99. The van der Waals surface area contributed by atoms with Crippen LogP contribution in [0.1, 0.15) is 26.3 Å². The minimum Gasteiger partial charge on any atom is -0.385 e. The Kier molecular flexibility index (Phi) is 3.40. The average molecular weight is 207 g/mol. The third-order valence-electron chi connectivity index (χ3n) is 3.06. The molecule has 1 aromatic carbocycles. The molecule has 15 heavy (non-hydrogen) atoms. The molecule has 0 saturated carbocycles. The molecular formula is C13H21NO. The Hall–Kier alpha value is -1.02. The molecule has 1 atom stereocenters. The summed E-state index contributed by atoms with van der Waals surface area (Å²) >= 11 is 0. The van der Waals surface area contributed by atoms with Gasteiger partial charge >= 0.3 is 0 Å². The normalized spacial score (nSPS) is 15.1. The molecule has 0 spiro atoms. The van der Waals surface area contributed by atoms with Crippen LogP contribution in [0.4, 0.5) is 5.69 Å². The quantitative estimate of drug-likeness (QED) is 0.823. The molecule has 2 nitrogen and oxygen atoms in total. The van der Waals surface area contributed by atoms with E-state index < -0.39 is 5.60 Å². The highest BCUT2D eigenvalue weighted by Gasteiger charge is 2.29. The molecule has 1 unspecified atom stereocenters. The number of benzene rings is 1. The zero-order valence-electron chi connectivity index (χ0n) is 10.3. The van der Waals surface area contributed by atoms with E-state index >= 15 is 0 Å². The summed E-state index contributed by atoms with van der Waals surface area (Å²) in [5.41, 5.74) is 1.29. The second kappa shape index (κ2) is 4.23. The maximum absolute atomic E-state index is 10.5. The van der Waals surface area contributed by atoms with E-state index in [-0.39, 0.29) is 5.92 Å². The molecule has 0 aromatic heterocycles. The summed E-state index contributed by atoms with van der Waals surface area (Å²) in [6.45, 7) is 5.94. The summed E-state index contributed by atoms with van der Waals surface area (Å²) in [4.78, 5) is 2.03. The molecule has 0 bridgehead atoms. The van der Waals surface area contributed by atoms with Crippen molar-refractivity contribution in [3.05, 3.63) is 29.8 Å². The summed E-state index contributed by atoms with van der Waals surface area (Å²) in [6, 6.07) is 8.00. The molecule has 1 N–H and O–H groups in total. The standard InChI is InChI=1S/C13H21NO/c1-10(2)13(3,15)11-8-6-7-9-12(11)14(4)5/h6-10,15H,1-5H3. The molecule has 0 aliphatic carbocycles. The molecule has 0 fully saturated rings. The van der Waals surface area contributed by atoms with E-state index in [0.29, 0.717) is 0 Å². The van der Waals surface area contributed by atoms with Gasteiger partial charge in [0, 0.05) is 25.3 Å².